The number of carbonyl (C=O) groups excluding carboxylic acids is 1. The molecule has 6 nitrogen and oxygen atoms in total. The predicted molar refractivity (Wildman–Crippen MR) is 79.4 cm³/mol. The molecule has 1 saturated carbocycles. The van der Waals surface area contributed by atoms with Crippen molar-refractivity contribution in [1.82, 2.24) is 14.2 Å². The minimum atomic E-state index is -3.14. The minimum Gasteiger partial charge on any atom is -0.347 e. The molecule has 2 aliphatic rings. The first-order chi connectivity index (χ1) is 9.81. The van der Waals surface area contributed by atoms with Gasteiger partial charge >= 0.3 is 0 Å². The number of hydrogen-bond donors (Lipinski definition) is 1. The van der Waals surface area contributed by atoms with Crippen LogP contribution >= 0.6 is 0 Å². The van der Waals surface area contributed by atoms with Crippen LogP contribution in [0.2, 0.25) is 0 Å². The highest BCUT2D eigenvalue weighted by molar-refractivity contribution is 7.88. The first kappa shape index (κ1) is 14.6. The molecule has 1 aromatic rings. The molecule has 1 atom stereocenters. The van der Waals surface area contributed by atoms with Crippen molar-refractivity contribution in [3.63, 3.8) is 0 Å². The average molecular weight is 311 g/mol. The molecule has 2 fully saturated rings. The highest BCUT2D eigenvalue weighted by atomic mass is 32.2. The van der Waals surface area contributed by atoms with Gasteiger partial charge in [-0.1, -0.05) is 0 Å². The number of sulfonamides is 1. The van der Waals surface area contributed by atoms with Crippen molar-refractivity contribution in [2.75, 3.05) is 19.3 Å². The fourth-order valence-corrected chi connectivity index (χ4v) is 4.18. The lowest BCUT2D eigenvalue weighted by Gasteiger charge is -2.33. The molecule has 7 heteroatoms. The Hall–Kier alpha value is -1.34. The molecule has 0 radical (unpaired) electrons. The maximum Gasteiger partial charge on any atom is 0.270 e. The number of nitrogens with zero attached hydrogens (tertiary/aromatic N) is 2. The van der Waals surface area contributed by atoms with Crippen LogP contribution in [0.3, 0.4) is 0 Å². The van der Waals surface area contributed by atoms with Crippen LogP contribution in [0.4, 0.5) is 0 Å². The molecule has 1 unspecified atom stereocenters. The molecular weight excluding hydrogens is 290 g/mol. The summed E-state index contributed by atoms with van der Waals surface area (Å²) in [5, 5.41) is 0. The van der Waals surface area contributed by atoms with Gasteiger partial charge in [-0.2, -0.15) is 0 Å². The molecule has 2 heterocycles. The number of rotatable bonds is 3. The van der Waals surface area contributed by atoms with Crippen LogP contribution in [0.25, 0.3) is 0 Å². The third kappa shape index (κ3) is 2.85. The highest BCUT2D eigenvalue weighted by Gasteiger charge is 2.56. The Morgan fingerprint density at radius 3 is 2.57 bits per heavy atom. The normalized spacial score (nSPS) is 24.3. The molecule has 116 valence electrons. The molecule has 1 spiro atoms. The van der Waals surface area contributed by atoms with Crippen molar-refractivity contribution < 1.29 is 13.2 Å². The van der Waals surface area contributed by atoms with Gasteiger partial charge in [0.05, 0.1) is 6.26 Å². The van der Waals surface area contributed by atoms with Gasteiger partial charge in [-0.15, -0.1) is 0 Å². The SMILES string of the molecule is Cn1cccc1C(=O)N1CCC2(CC1)CC2NS(C)(=O)=O. The Morgan fingerprint density at radius 2 is 2.05 bits per heavy atom. The number of nitrogens with one attached hydrogen (secondary N) is 1. The lowest BCUT2D eigenvalue weighted by atomic mass is 9.92. The van der Waals surface area contributed by atoms with Gasteiger partial charge in [0.15, 0.2) is 0 Å². The zero-order valence-corrected chi connectivity index (χ0v) is 13.2. The molecule has 0 bridgehead atoms. The zero-order valence-electron chi connectivity index (χ0n) is 12.4. The number of piperidine rings is 1. The summed E-state index contributed by atoms with van der Waals surface area (Å²) in [7, 11) is -1.27. The molecule has 1 saturated heterocycles. The van der Waals surface area contributed by atoms with E-state index in [1.807, 2.05) is 34.8 Å². The quantitative estimate of drug-likeness (QED) is 0.887. The lowest BCUT2D eigenvalue weighted by Crippen LogP contribution is -2.42. The molecule has 0 aromatic carbocycles. The predicted octanol–water partition coefficient (Wildman–Crippen LogP) is 0.569. The van der Waals surface area contributed by atoms with Gasteiger partial charge in [-0.25, -0.2) is 13.1 Å². The van der Waals surface area contributed by atoms with Crippen molar-refractivity contribution >= 4 is 15.9 Å². The molecule has 21 heavy (non-hydrogen) atoms. The zero-order chi connectivity index (χ0) is 15.3. The van der Waals surface area contributed by atoms with Crippen molar-refractivity contribution in [2.45, 2.75) is 25.3 Å². The van der Waals surface area contributed by atoms with Crippen molar-refractivity contribution in [3.8, 4) is 0 Å². The fraction of sp³-hybridized carbons (Fsp3) is 0.643. The summed E-state index contributed by atoms with van der Waals surface area (Å²) in [5.41, 5.74) is 0.779. The Morgan fingerprint density at radius 1 is 1.38 bits per heavy atom. The molecule has 1 amide bonds. The Kier molecular flexibility index (Phi) is 3.37. The van der Waals surface area contributed by atoms with Gasteiger partial charge in [-0.3, -0.25) is 4.79 Å². The molecule has 1 aliphatic carbocycles. The van der Waals surface area contributed by atoms with E-state index in [1.54, 1.807) is 0 Å². The van der Waals surface area contributed by atoms with E-state index in [0.717, 1.165) is 19.3 Å². The molecule has 1 aliphatic heterocycles. The number of aromatic nitrogens is 1. The van der Waals surface area contributed by atoms with Crippen molar-refractivity contribution in [3.05, 3.63) is 24.0 Å². The molecule has 1 N–H and O–H groups in total. The van der Waals surface area contributed by atoms with Crippen LogP contribution in [0.15, 0.2) is 18.3 Å². The van der Waals surface area contributed by atoms with E-state index in [-0.39, 0.29) is 17.4 Å². The summed E-state index contributed by atoms with van der Waals surface area (Å²) in [6, 6.07) is 3.75. The van der Waals surface area contributed by atoms with Gasteiger partial charge in [0, 0.05) is 32.4 Å². The van der Waals surface area contributed by atoms with Gasteiger partial charge < -0.3 is 9.47 Å². The highest BCUT2D eigenvalue weighted by Crippen LogP contribution is 2.54. The maximum atomic E-state index is 12.4. The lowest BCUT2D eigenvalue weighted by molar-refractivity contribution is 0.0664. The molecule has 1 aromatic heterocycles. The van der Waals surface area contributed by atoms with Gasteiger partial charge in [0.1, 0.15) is 5.69 Å². The number of amides is 1. The second-order valence-corrected chi connectivity index (χ2v) is 8.09. The topological polar surface area (TPSA) is 71.4 Å². The van der Waals surface area contributed by atoms with Crippen LogP contribution in [0.1, 0.15) is 29.8 Å². The van der Waals surface area contributed by atoms with Gasteiger partial charge in [0.25, 0.3) is 5.91 Å². The Labute approximate surface area is 125 Å². The van der Waals surface area contributed by atoms with Crippen LogP contribution in [0, 0.1) is 5.41 Å². The number of likely N-dealkylation sites (tertiary alicyclic amines) is 1. The van der Waals surface area contributed by atoms with E-state index in [0.29, 0.717) is 18.8 Å². The number of carbonyl (C=O) groups is 1. The minimum absolute atomic E-state index is 0.0554. The number of aryl methyl sites for hydroxylation is 1. The van der Waals surface area contributed by atoms with Gasteiger partial charge in [0.2, 0.25) is 10.0 Å². The van der Waals surface area contributed by atoms with Crippen LogP contribution < -0.4 is 4.72 Å². The van der Waals surface area contributed by atoms with E-state index >= 15 is 0 Å². The monoisotopic (exact) mass is 311 g/mol. The standard InChI is InChI=1S/C14H21N3O3S/c1-16-7-3-4-11(16)13(18)17-8-5-14(6-9-17)10-12(14)15-21(2,19)20/h3-4,7,12,15H,5-6,8-10H2,1-2H3. The first-order valence-corrected chi connectivity index (χ1v) is 9.08. The summed E-state index contributed by atoms with van der Waals surface area (Å²) >= 11 is 0. The maximum absolute atomic E-state index is 12.4. The Balaban J connectivity index is 1.60. The van der Waals surface area contributed by atoms with Crippen LogP contribution in [-0.4, -0.2) is 49.2 Å². The second-order valence-electron chi connectivity index (χ2n) is 6.31. The molecule has 3 rings (SSSR count). The smallest absolute Gasteiger partial charge is 0.270 e. The molecular formula is C14H21N3O3S. The summed E-state index contributed by atoms with van der Waals surface area (Å²) in [4.78, 5) is 14.3. The summed E-state index contributed by atoms with van der Waals surface area (Å²) in [6.45, 7) is 1.40. The average Bonchev–Trinajstić information content (AvgIpc) is 2.83. The van der Waals surface area contributed by atoms with Crippen LogP contribution in [0.5, 0.6) is 0 Å². The third-order valence-corrected chi connectivity index (χ3v) is 5.47. The fourth-order valence-electron chi connectivity index (χ4n) is 3.33. The van der Waals surface area contributed by atoms with E-state index in [4.69, 9.17) is 0 Å². The summed E-state index contributed by atoms with van der Waals surface area (Å²) in [5.74, 6) is 0.0608. The van der Waals surface area contributed by atoms with E-state index in [9.17, 15) is 13.2 Å². The van der Waals surface area contributed by atoms with E-state index in [1.165, 1.54) is 6.26 Å². The summed E-state index contributed by atoms with van der Waals surface area (Å²) in [6.07, 6.45) is 5.71. The summed E-state index contributed by atoms with van der Waals surface area (Å²) < 4.78 is 27.1. The van der Waals surface area contributed by atoms with E-state index < -0.39 is 10.0 Å². The van der Waals surface area contributed by atoms with Crippen LogP contribution in [-0.2, 0) is 17.1 Å². The van der Waals surface area contributed by atoms with Gasteiger partial charge in [-0.05, 0) is 36.8 Å². The Bertz CT molecular complexity index is 657. The van der Waals surface area contributed by atoms with E-state index in [2.05, 4.69) is 4.72 Å². The second kappa shape index (κ2) is 4.84. The first-order valence-electron chi connectivity index (χ1n) is 7.19. The van der Waals surface area contributed by atoms with Crippen molar-refractivity contribution in [2.24, 2.45) is 12.5 Å². The third-order valence-electron chi connectivity index (χ3n) is 4.76. The number of hydrogen-bond acceptors (Lipinski definition) is 3. The van der Waals surface area contributed by atoms with Crippen molar-refractivity contribution in [1.29, 1.82) is 0 Å². The largest absolute Gasteiger partial charge is 0.347 e.